The van der Waals surface area contributed by atoms with Crippen LogP contribution in [0.4, 0.5) is 0 Å². The number of pyridine rings is 1. The molecule has 5 rings (SSSR count). The first-order valence-corrected chi connectivity index (χ1v) is 11.3. The maximum atomic E-state index is 2.43. The fourth-order valence-corrected chi connectivity index (χ4v) is 5.76. The zero-order valence-corrected chi connectivity index (χ0v) is 19.8. The summed E-state index contributed by atoms with van der Waals surface area (Å²) in [6, 6.07) is 22.7. The first kappa shape index (κ1) is 20.0. The van der Waals surface area contributed by atoms with Gasteiger partial charge in [0.2, 0.25) is 5.69 Å². The minimum atomic E-state index is -0.0120. The lowest BCUT2D eigenvalue weighted by Crippen LogP contribution is -2.44. The summed E-state index contributed by atoms with van der Waals surface area (Å²) in [5, 5.41) is 2.71. The van der Waals surface area contributed by atoms with E-state index in [-0.39, 0.29) is 10.8 Å². The van der Waals surface area contributed by atoms with Gasteiger partial charge in [0.05, 0.1) is 0 Å². The lowest BCUT2D eigenvalue weighted by atomic mass is 9.54. The van der Waals surface area contributed by atoms with Crippen molar-refractivity contribution in [3.05, 3.63) is 89.1 Å². The summed E-state index contributed by atoms with van der Waals surface area (Å²) in [5.41, 5.74) is 11.0. The Labute approximate surface area is 186 Å². The summed E-state index contributed by atoms with van der Waals surface area (Å²) in [6.07, 6.45) is 2.17. The largest absolute Gasteiger partial charge is 0.212 e. The number of hydrogen-bond acceptors (Lipinski definition) is 0. The standard InChI is InChI=1S/C30H32N/c1-19-16-17-31(7)26(18-19)22-14-15-24-25-13-12-21-10-8-9-11-23(21)28(25)30(5,6)29(3,4)27(24)20(22)2/h8-18H,1-7H3/q+1. The minimum absolute atomic E-state index is 0.00558. The molecule has 0 radical (unpaired) electrons. The van der Waals surface area contributed by atoms with Crippen molar-refractivity contribution in [3.63, 3.8) is 0 Å². The summed E-state index contributed by atoms with van der Waals surface area (Å²) in [7, 11) is 2.14. The molecular weight excluding hydrogens is 374 g/mol. The van der Waals surface area contributed by atoms with E-state index in [1.807, 2.05) is 0 Å². The van der Waals surface area contributed by atoms with E-state index in [0.29, 0.717) is 0 Å². The van der Waals surface area contributed by atoms with Gasteiger partial charge in [-0.05, 0) is 69.5 Å². The van der Waals surface area contributed by atoms with E-state index in [9.17, 15) is 0 Å². The Morgan fingerprint density at radius 2 is 1.29 bits per heavy atom. The second-order valence-corrected chi connectivity index (χ2v) is 10.3. The molecule has 1 nitrogen and oxygen atoms in total. The summed E-state index contributed by atoms with van der Waals surface area (Å²) < 4.78 is 2.24. The normalized spacial score (nSPS) is 16.1. The maximum Gasteiger partial charge on any atom is 0.212 e. The van der Waals surface area contributed by atoms with Gasteiger partial charge in [0.15, 0.2) is 6.20 Å². The molecule has 4 aromatic rings. The predicted molar refractivity (Wildman–Crippen MR) is 132 cm³/mol. The van der Waals surface area contributed by atoms with E-state index >= 15 is 0 Å². The summed E-state index contributed by atoms with van der Waals surface area (Å²) in [5.74, 6) is 0. The van der Waals surface area contributed by atoms with Crippen LogP contribution in [-0.2, 0) is 17.9 Å². The second-order valence-electron chi connectivity index (χ2n) is 10.3. The highest BCUT2D eigenvalue weighted by Crippen LogP contribution is 2.57. The van der Waals surface area contributed by atoms with Gasteiger partial charge in [-0.1, -0.05) is 70.2 Å². The molecule has 1 heteroatoms. The summed E-state index contributed by atoms with van der Waals surface area (Å²) in [6.45, 7) is 14.2. The number of nitrogens with zero attached hydrogens (tertiary/aromatic N) is 1. The molecule has 0 saturated heterocycles. The number of hydrogen-bond donors (Lipinski definition) is 0. The zero-order chi connectivity index (χ0) is 22.1. The van der Waals surface area contributed by atoms with Crippen LogP contribution < -0.4 is 4.57 Å². The van der Waals surface area contributed by atoms with Crippen LogP contribution in [-0.4, -0.2) is 0 Å². The van der Waals surface area contributed by atoms with Crippen LogP contribution in [0.15, 0.2) is 66.9 Å². The Morgan fingerprint density at radius 1 is 0.677 bits per heavy atom. The third kappa shape index (κ3) is 2.65. The van der Waals surface area contributed by atoms with E-state index in [2.05, 4.69) is 120 Å². The summed E-state index contributed by atoms with van der Waals surface area (Å²) in [4.78, 5) is 0. The molecule has 0 N–H and O–H groups in total. The van der Waals surface area contributed by atoms with Crippen LogP contribution in [0.2, 0.25) is 0 Å². The van der Waals surface area contributed by atoms with Gasteiger partial charge in [0.25, 0.3) is 0 Å². The number of rotatable bonds is 1. The molecule has 0 atom stereocenters. The van der Waals surface area contributed by atoms with Crippen LogP contribution in [0.3, 0.4) is 0 Å². The molecule has 31 heavy (non-hydrogen) atoms. The van der Waals surface area contributed by atoms with Crippen molar-refractivity contribution < 1.29 is 4.57 Å². The van der Waals surface area contributed by atoms with Gasteiger partial charge in [-0.2, -0.15) is 0 Å². The van der Waals surface area contributed by atoms with Crippen molar-refractivity contribution in [2.75, 3.05) is 0 Å². The predicted octanol–water partition coefficient (Wildman–Crippen LogP) is 7.18. The van der Waals surface area contributed by atoms with E-state index < -0.39 is 0 Å². The van der Waals surface area contributed by atoms with Crippen molar-refractivity contribution in [1.29, 1.82) is 0 Å². The van der Waals surface area contributed by atoms with Crippen LogP contribution in [0.5, 0.6) is 0 Å². The molecule has 1 aromatic heterocycles. The lowest BCUT2D eigenvalue weighted by Gasteiger charge is -2.49. The van der Waals surface area contributed by atoms with Crippen LogP contribution in [0, 0.1) is 13.8 Å². The molecule has 156 valence electrons. The molecule has 1 heterocycles. The van der Waals surface area contributed by atoms with Gasteiger partial charge in [0, 0.05) is 23.1 Å². The second kappa shape index (κ2) is 6.53. The van der Waals surface area contributed by atoms with Gasteiger partial charge in [-0.3, -0.25) is 0 Å². The fraction of sp³-hybridized carbons (Fsp3) is 0.300. The molecule has 1 aliphatic rings. The Kier molecular flexibility index (Phi) is 4.21. The highest BCUT2D eigenvalue weighted by Gasteiger charge is 2.47. The van der Waals surface area contributed by atoms with Crippen molar-refractivity contribution in [2.45, 2.75) is 52.4 Å². The number of aromatic nitrogens is 1. The van der Waals surface area contributed by atoms with Crippen molar-refractivity contribution >= 4 is 10.8 Å². The molecular formula is C30H32N+. The number of aryl methyl sites for hydroxylation is 2. The highest BCUT2D eigenvalue weighted by molar-refractivity contribution is 5.96. The Balaban J connectivity index is 1.89. The van der Waals surface area contributed by atoms with Crippen molar-refractivity contribution in [1.82, 2.24) is 0 Å². The number of fused-ring (bicyclic) bond motifs is 5. The third-order valence-electron chi connectivity index (χ3n) is 8.08. The Bertz CT molecular complexity index is 1350. The van der Waals surface area contributed by atoms with Gasteiger partial charge < -0.3 is 0 Å². The topological polar surface area (TPSA) is 3.88 Å². The maximum absolute atomic E-state index is 2.43. The molecule has 0 fully saturated rings. The Hall–Kier alpha value is -2.93. The average molecular weight is 407 g/mol. The summed E-state index contributed by atoms with van der Waals surface area (Å²) >= 11 is 0. The van der Waals surface area contributed by atoms with Gasteiger partial charge in [-0.25, -0.2) is 4.57 Å². The molecule has 0 aliphatic heterocycles. The van der Waals surface area contributed by atoms with E-state index in [1.54, 1.807) is 0 Å². The fourth-order valence-electron chi connectivity index (χ4n) is 5.76. The smallest absolute Gasteiger partial charge is 0.201 e. The molecule has 0 bridgehead atoms. The molecule has 0 spiro atoms. The number of benzene rings is 3. The first-order chi connectivity index (χ1) is 14.6. The quantitative estimate of drug-likeness (QED) is 0.295. The van der Waals surface area contributed by atoms with Gasteiger partial charge in [-0.15, -0.1) is 0 Å². The molecule has 0 unspecified atom stereocenters. The monoisotopic (exact) mass is 406 g/mol. The molecule has 0 amide bonds. The zero-order valence-electron chi connectivity index (χ0n) is 19.8. The van der Waals surface area contributed by atoms with Crippen molar-refractivity contribution in [2.24, 2.45) is 7.05 Å². The van der Waals surface area contributed by atoms with Gasteiger partial charge in [0.1, 0.15) is 7.05 Å². The molecule has 3 aromatic carbocycles. The molecule has 0 saturated carbocycles. The highest BCUT2D eigenvalue weighted by atomic mass is 14.9. The lowest BCUT2D eigenvalue weighted by molar-refractivity contribution is -0.660. The van der Waals surface area contributed by atoms with Crippen molar-refractivity contribution in [3.8, 4) is 22.4 Å². The Morgan fingerprint density at radius 3 is 2.06 bits per heavy atom. The van der Waals surface area contributed by atoms with Crippen LogP contribution in [0.1, 0.15) is 49.9 Å². The van der Waals surface area contributed by atoms with E-state index in [4.69, 9.17) is 0 Å². The molecule has 1 aliphatic carbocycles. The third-order valence-corrected chi connectivity index (χ3v) is 8.08. The average Bonchev–Trinajstić information content (AvgIpc) is 2.73. The minimum Gasteiger partial charge on any atom is -0.201 e. The first-order valence-electron chi connectivity index (χ1n) is 11.3. The van der Waals surface area contributed by atoms with Gasteiger partial charge >= 0.3 is 0 Å². The SMILES string of the molecule is Cc1cc[n+](C)c(-c2ccc3c(c2C)C(C)(C)C(C)(C)c2c-3ccc3ccccc23)c1. The van der Waals surface area contributed by atoms with E-state index in [0.717, 1.165) is 0 Å². The van der Waals surface area contributed by atoms with Crippen LogP contribution >= 0.6 is 0 Å². The van der Waals surface area contributed by atoms with E-state index in [1.165, 1.54) is 55.4 Å². The van der Waals surface area contributed by atoms with Crippen LogP contribution in [0.25, 0.3) is 33.2 Å².